The number of anilines is 1. The molecule has 0 bridgehead atoms. The van der Waals surface area contributed by atoms with Crippen molar-refractivity contribution in [3.63, 3.8) is 0 Å². The Hall–Kier alpha value is -2.94. The number of thiazole rings is 1. The van der Waals surface area contributed by atoms with Gasteiger partial charge in [-0.15, -0.1) is 11.3 Å². The van der Waals surface area contributed by atoms with Gasteiger partial charge in [0, 0.05) is 24.8 Å². The summed E-state index contributed by atoms with van der Waals surface area (Å²) in [6, 6.07) is 1.78. The van der Waals surface area contributed by atoms with E-state index >= 15 is 0 Å². The minimum absolute atomic E-state index is 0.529. The molecule has 4 rings (SSSR count). The second kappa shape index (κ2) is 5.69. The molecule has 0 fully saturated rings. The zero-order chi connectivity index (χ0) is 15.6. The van der Waals surface area contributed by atoms with E-state index in [1.165, 1.54) is 11.3 Å². The summed E-state index contributed by atoms with van der Waals surface area (Å²) in [4.78, 5) is 25.8. The van der Waals surface area contributed by atoms with E-state index in [2.05, 4.69) is 35.2 Å². The number of nitrogens with zero attached hydrogens (tertiary/aromatic N) is 7. The van der Waals surface area contributed by atoms with Crippen molar-refractivity contribution < 1.29 is 0 Å². The van der Waals surface area contributed by atoms with Crippen LogP contribution < -0.4 is 5.32 Å². The van der Waals surface area contributed by atoms with Gasteiger partial charge in [-0.2, -0.15) is 4.98 Å². The van der Waals surface area contributed by atoms with Crippen molar-refractivity contribution in [1.82, 2.24) is 34.5 Å². The molecule has 0 atom stereocenters. The van der Waals surface area contributed by atoms with Gasteiger partial charge in [0.2, 0.25) is 5.95 Å². The standard InChI is InChI=1S/C14H12N8S/c1-22-8-19-11-10(22)6-18-14(21-11)17-5-9-7-23-13(20-9)12-15-3-2-4-16-12/h2-4,6-8H,5H2,1H3,(H,17,18,21). The molecule has 0 radical (unpaired) electrons. The summed E-state index contributed by atoms with van der Waals surface area (Å²) in [7, 11) is 1.91. The number of rotatable bonds is 4. The third kappa shape index (κ3) is 2.73. The van der Waals surface area contributed by atoms with Crippen LogP contribution in [0.2, 0.25) is 0 Å². The van der Waals surface area contributed by atoms with Gasteiger partial charge in [-0.3, -0.25) is 0 Å². The maximum absolute atomic E-state index is 4.52. The third-order valence-electron chi connectivity index (χ3n) is 3.22. The van der Waals surface area contributed by atoms with Crippen LogP contribution in [0.25, 0.3) is 22.0 Å². The van der Waals surface area contributed by atoms with Gasteiger partial charge in [-0.05, 0) is 6.07 Å². The van der Waals surface area contributed by atoms with E-state index in [9.17, 15) is 0 Å². The highest BCUT2D eigenvalue weighted by Gasteiger charge is 2.08. The highest BCUT2D eigenvalue weighted by molar-refractivity contribution is 7.13. The van der Waals surface area contributed by atoms with Gasteiger partial charge in [-0.1, -0.05) is 0 Å². The van der Waals surface area contributed by atoms with E-state index in [-0.39, 0.29) is 0 Å². The van der Waals surface area contributed by atoms with Gasteiger partial charge < -0.3 is 9.88 Å². The molecule has 9 heteroatoms. The predicted octanol–water partition coefficient (Wildman–Crippen LogP) is 1.89. The lowest BCUT2D eigenvalue weighted by atomic mass is 10.5. The molecule has 1 N–H and O–H groups in total. The van der Waals surface area contributed by atoms with Gasteiger partial charge in [0.25, 0.3) is 0 Å². The molecule has 0 spiro atoms. The van der Waals surface area contributed by atoms with Gasteiger partial charge in [0.15, 0.2) is 16.5 Å². The van der Waals surface area contributed by atoms with Crippen molar-refractivity contribution >= 4 is 28.4 Å². The molecule has 0 aliphatic rings. The van der Waals surface area contributed by atoms with Crippen molar-refractivity contribution in [3.8, 4) is 10.8 Å². The quantitative estimate of drug-likeness (QED) is 0.612. The topological polar surface area (TPSA) is 94.3 Å². The average molecular weight is 324 g/mol. The Kier molecular flexibility index (Phi) is 3.39. The van der Waals surface area contributed by atoms with E-state index in [4.69, 9.17) is 0 Å². The molecule has 4 heterocycles. The first kappa shape index (κ1) is 13.7. The summed E-state index contributed by atoms with van der Waals surface area (Å²) in [5.74, 6) is 1.16. The zero-order valence-corrected chi connectivity index (χ0v) is 13.0. The lowest BCUT2D eigenvalue weighted by Gasteiger charge is -2.02. The van der Waals surface area contributed by atoms with Crippen LogP contribution in [0.3, 0.4) is 0 Å². The minimum Gasteiger partial charge on any atom is -0.348 e. The Morgan fingerprint density at radius 1 is 1.13 bits per heavy atom. The molecule has 0 saturated carbocycles. The molecule has 8 nitrogen and oxygen atoms in total. The van der Waals surface area contributed by atoms with Crippen LogP contribution in [0.15, 0.2) is 36.4 Å². The molecule has 0 unspecified atom stereocenters. The molecule has 0 aliphatic heterocycles. The van der Waals surface area contributed by atoms with Crippen LogP contribution in [0.4, 0.5) is 5.95 Å². The Morgan fingerprint density at radius 3 is 2.87 bits per heavy atom. The van der Waals surface area contributed by atoms with Crippen molar-refractivity contribution in [3.05, 3.63) is 42.1 Å². The summed E-state index contributed by atoms with van der Waals surface area (Å²) in [5, 5.41) is 5.92. The van der Waals surface area contributed by atoms with E-state index in [1.54, 1.807) is 31.0 Å². The molecule has 0 aliphatic carbocycles. The van der Waals surface area contributed by atoms with Gasteiger partial charge in [0.1, 0.15) is 5.52 Å². The molecule has 4 aromatic heterocycles. The Balaban J connectivity index is 1.49. The van der Waals surface area contributed by atoms with Crippen LogP contribution in [0.5, 0.6) is 0 Å². The van der Waals surface area contributed by atoms with Crippen LogP contribution in [-0.4, -0.2) is 34.5 Å². The Labute approximate surface area is 135 Å². The first-order valence-corrected chi connectivity index (χ1v) is 7.77. The smallest absolute Gasteiger partial charge is 0.225 e. The number of imidazole rings is 1. The van der Waals surface area contributed by atoms with Crippen molar-refractivity contribution in [1.29, 1.82) is 0 Å². The second-order valence-corrected chi connectivity index (χ2v) is 5.69. The molecular weight excluding hydrogens is 312 g/mol. The fourth-order valence-corrected chi connectivity index (χ4v) is 2.83. The van der Waals surface area contributed by atoms with E-state index in [0.29, 0.717) is 24.0 Å². The van der Waals surface area contributed by atoms with Gasteiger partial charge in [0.05, 0.1) is 24.8 Å². The number of hydrogen-bond acceptors (Lipinski definition) is 8. The minimum atomic E-state index is 0.529. The second-order valence-electron chi connectivity index (χ2n) is 4.83. The number of fused-ring (bicyclic) bond motifs is 1. The third-order valence-corrected chi connectivity index (χ3v) is 4.11. The summed E-state index contributed by atoms with van der Waals surface area (Å²) < 4.78 is 1.88. The van der Waals surface area contributed by atoms with Crippen LogP contribution in [0, 0.1) is 0 Å². The number of nitrogens with one attached hydrogen (secondary N) is 1. The van der Waals surface area contributed by atoms with E-state index in [0.717, 1.165) is 16.2 Å². The van der Waals surface area contributed by atoms with Crippen LogP contribution in [0.1, 0.15) is 5.69 Å². The number of hydrogen-bond donors (Lipinski definition) is 1. The van der Waals surface area contributed by atoms with Crippen molar-refractivity contribution in [2.45, 2.75) is 6.54 Å². The highest BCUT2D eigenvalue weighted by Crippen LogP contribution is 2.20. The molecular formula is C14H12N8S. The van der Waals surface area contributed by atoms with Crippen molar-refractivity contribution in [2.75, 3.05) is 5.32 Å². The summed E-state index contributed by atoms with van der Waals surface area (Å²) in [6.45, 7) is 0.529. The molecule has 0 aromatic carbocycles. The fourth-order valence-electron chi connectivity index (χ4n) is 2.07. The number of aryl methyl sites for hydroxylation is 1. The maximum atomic E-state index is 4.52. The van der Waals surface area contributed by atoms with Crippen molar-refractivity contribution in [2.24, 2.45) is 7.05 Å². The monoisotopic (exact) mass is 324 g/mol. The molecule has 0 amide bonds. The summed E-state index contributed by atoms with van der Waals surface area (Å²) in [5.41, 5.74) is 2.46. The number of aromatic nitrogens is 7. The Bertz CT molecular complexity index is 946. The van der Waals surface area contributed by atoms with E-state index in [1.807, 2.05) is 17.0 Å². The first-order chi connectivity index (χ1) is 11.3. The predicted molar refractivity (Wildman–Crippen MR) is 86.8 cm³/mol. The van der Waals surface area contributed by atoms with Crippen LogP contribution >= 0.6 is 11.3 Å². The molecule has 23 heavy (non-hydrogen) atoms. The fraction of sp³-hybridized carbons (Fsp3) is 0.143. The lowest BCUT2D eigenvalue weighted by molar-refractivity contribution is 0.943. The molecule has 4 aromatic rings. The first-order valence-electron chi connectivity index (χ1n) is 6.89. The van der Waals surface area contributed by atoms with Crippen LogP contribution in [-0.2, 0) is 13.6 Å². The maximum Gasteiger partial charge on any atom is 0.225 e. The lowest BCUT2D eigenvalue weighted by Crippen LogP contribution is -2.04. The zero-order valence-electron chi connectivity index (χ0n) is 12.2. The SMILES string of the molecule is Cn1cnc2nc(NCc3csc(-c4ncccn4)n3)ncc21. The van der Waals surface area contributed by atoms with Gasteiger partial charge >= 0.3 is 0 Å². The van der Waals surface area contributed by atoms with E-state index < -0.39 is 0 Å². The normalized spacial score (nSPS) is 11.0. The Morgan fingerprint density at radius 2 is 2.00 bits per heavy atom. The largest absolute Gasteiger partial charge is 0.348 e. The molecule has 114 valence electrons. The summed E-state index contributed by atoms with van der Waals surface area (Å²) >= 11 is 1.51. The molecule has 0 saturated heterocycles. The average Bonchev–Trinajstić information content (AvgIpc) is 3.21. The highest BCUT2D eigenvalue weighted by atomic mass is 32.1. The van der Waals surface area contributed by atoms with Gasteiger partial charge in [-0.25, -0.2) is 24.9 Å². The summed E-state index contributed by atoms with van der Waals surface area (Å²) in [6.07, 6.45) is 6.88.